The number of aromatic nitrogens is 3. The second-order valence-corrected chi connectivity index (χ2v) is 6.59. The molecule has 0 radical (unpaired) electrons. The Morgan fingerprint density at radius 2 is 2.22 bits per heavy atom. The maximum Gasteiger partial charge on any atom is 0.344 e. The normalized spacial score (nSPS) is 15.7. The van der Waals surface area contributed by atoms with Crippen molar-refractivity contribution in [2.24, 2.45) is 0 Å². The maximum absolute atomic E-state index is 11.1. The van der Waals surface area contributed by atoms with Crippen molar-refractivity contribution < 1.29 is 19.4 Å². The number of halogens is 1. The van der Waals surface area contributed by atoms with E-state index in [1.807, 2.05) is 18.2 Å². The summed E-state index contributed by atoms with van der Waals surface area (Å²) in [6.07, 6.45) is 3.52. The molecule has 3 aromatic rings. The Hall–Kier alpha value is -3.06. The number of aryl methyl sites for hydroxylation is 1. The highest BCUT2D eigenvalue weighted by Gasteiger charge is 2.25. The van der Waals surface area contributed by atoms with E-state index in [0.29, 0.717) is 47.4 Å². The number of pyridine rings is 1. The zero-order chi connectivity index (χ0) is 18.8. The van der Waals surface area contributed by atoms with Gasteiger partial charge in [-0.05, 0) is 42.2 Å². The van der Waals surface area contributed by atoms with Gasteiger partial charge in [-0.3, -0.25) is 10.1 Å². The van der Waals surface area contributed by atoms with Crippen LogP contribution in [-0.4, -0.2) is 32.4 Å². The van der Waals surface area contributed by atoms with E-state index in [1.165, 1.54) is 6.20 Å². The molecule has 1 atom stereocenters. The molecule has 1 aliphatic rings. The number of nitrogens with one attached hydrogen (secondary N) is 1. The zero-order valence-electron chi connectivity index (χ0n) is 14.2. The lowest BCUT2D eigenvalue weighted by molar-refractivity contribution is -0.145. The van der Waals surface area contributed by atoms with E-state index in [-0.39, 0.29) is 0 Å². The number of H-pyrrole nitrogens is 1. The third kappa shape index (κ3) is 3.73. The fourth-order valence-corrected chi connectivity index (χ4v) is 3.10. The molecule has 3 heterocycles. The molecular weight excluding hydrogens is 370 g/mol. The molecule has 4 rings (SSSR count). The van der Waals surface area contributed by atoms with Gasteiger partial charge in [0.1, 0.15) is 23.8 Å². The minimum atomic E-state index is -0.939. The number of carboxylic acid groups (broad SMARTS) is 1. The molecule has 1 aliphatic heterocycles. The highest BCUT2D eigenvalue weighted by atomic mass is 35.5. The third-order valence-electron chi connectivity index (χ3n) is 4.34. The van der Waals surface area contributed by atoms with Gasteiger partial charge in [-0.15, -0.1) is 0 Å². The van der Waals surface area contributed by atoms with Crippen LogP contribution in [0.4, 0.5) is 0 Å². The molecule has 7 nitrogen and oxygen atoms in total. The molecule has 2 aromatic heterocycles. The Kier molecular flexibility index (Phi) is 4.68. The Morgan fingerprint density at radius 3 is 2.93 bits per heavy atom. The molecule has 1 aromatic carbocycles. The van der Waals surface area contributed by atoms with Crippen LogP contribution in [0.2, 0.25) is 5.02 Å². The molecule has 8 heteroatoms. The Balaban J connectivity index is 1.43. The maximum atomic E-state index is 11.1. The van der Waals surface area contributed by atoms with Crippen LogP contribution in [0.15, 0.2) is 42.7 Å². The van der Waals surface area contributed by atoms with Gasteiger partial charge in [0.15, 0.2) is 6.10 Å². The van der Waals surface area contributed by atoms with Crippen LogP contribution in [0.5, 0.6) is 11.5 Å². The summed E-state index contributed by atoms with van der Waals surface area (Å²) >= 11 is 6.03. The molecular formula is C19H16ClN3O4. The molecule has 0 amide bonds. The van der Waals surface area contributed by atoms with Gasteiger partial charge in [0.25, 0.3) is 0 Å². The average Bonchev–Trinajstić information content (AvgIpc) is 3.12. The first-order valence-electron chi connectivity index (χ1n) is 8.39. The second kappa shape index (κ2) is 7.28. The standard InChI is InChI=1S/C19H16ClN3O4/c20-14-9-22-23-18(14)15-5-4-13(8-21-15)26-10-11-1-2-12-3-6-16(19(24)25)27-17(12)7-11/h1-2,4-5,7-9,16H,3,6,10H2,(H,22,23)(H,24,25). The molecule has 0 saturated heterocycles. The smallest absolute Gasteiger partial charge is 0.344 e. The molecule has 0 fully saturated rings. The van der Waals surface area contributed by atoms with Crippen molar-refractivity contribution in [3.63, 3.8) is 0 Å². The summed E-state index contributed by atoms with van der Waals surface area (Å²) in [5, 5.41) is 16.3. The summed E-state index contributed by atoms with van der Waals surface area (Å²) in [4.78, 5) is 15.4. The van der Waals surface area contributed by atoms with Crippen molar-refractivity contribution in [2.45, 2.75) is 25.6 Å². The SMILES string of the molecule is O=C(O)C1CCc2ccc(COc3ccc(-c4[nH]ncc4Cl)nc3)cc2O1. The predicted octanol–water partition coefficient (Wildman–Crippen LogP) is 3.48. The number of benzene rings is 1. The predicted molar refractivity (Wildman–Crippen MR) is 98.0 cm³/mol. The average molecular weight is 386 g/mol. The van der Waals surface area contributed by atoms with E-state index in [9.17, 15) is 4.79 Å². The highest BCUT2D eigenvalue weighted by molar-refractivity contribution is 6.32. The molecule has 2 N–H and O–H groups in total. The summed E-state index contributed by atoms with van der Waals surface area (Å²) in [5.41, 5.74) is 3.23. The Bertz CT molecular complexity index is 971. The van der Waals surface area contributed by atoms with Crippen LogP contribution in [-0.2, 0) is 17.8 Å². The minimum absolute atomic E-state index is 0.320. The van der Waals surface area contributed by atoms with Crippen molar-refractivity contribution >= 4 is 17.6 Å². The lowest BCUT2D eigenvalue weighted by atomic mass is 10.0. The molecule has 0 bridgehead atoms. The van der Waals surface area contributed by atoms with Crippen LogP contribution >= 0.6 is 11.6 Å². The minimum Gasteiger partial charge on any atom is -0.487 e. The first kappa shape index (κ1) is 17.4. The monoisotopic (exact) mass is 385 g/mol. The molecule has 138 valence electrons. The number of hydrogen-bond acceptors (Lipinski definition) is 5. The van der Waals surface area contributed by atoms with Crippen molar-refractivity contribution in [1.29, 1.82) is 0 Å². The molecule has 0 saturated carbocycles. The van der Waals surface area contributed by atoms with E-state index >= 15 is 0 Å². The molecule has 27 heavy (non-hydrogen) atoms. The highest BCUT2D eigenvalue weighted by Crippen LogP contribution is 2.29. The van der Waals surface area contributed by atoms with Gasteiger partial charge in [-0.25, -0.2) is 4.79 Å². The first-order chi connectivity index (χ1) is 13.1. The molecule has 0 spiro atoms. The summed E-state index contributed by atoms with van der Waals surface area (Å²) in [6, 6.07) is 9.33. The first-order valence-corrected chi connectivity index (χ1v) is 8.77. The number of carboxylic acids is 1. The number of fused-ring (bicyclic) bond motifs is 1. The number of aromatic amines is 1. The van der Waals surface area contributed by atoms with E-state index in [1.54, 1.807) is 18.3 Å². The Labute approximate surface area is 159 Å². The van der Waals surface area contributed by atoms with Gasteiger partial charge in [0.05, 0.1) is 23.1 Å². The zero-order valence-corrected chi connectivity index (χ0v) is 14.9. The quantitative estimate of drug-likeness (QED) is 0.697. The van der Waals surface area contributed by atoms with Gasteiger partial charge in [-0.1, -0.05) is 23.7 Å². The lowest BCUT2D eigenvalue weighted by Gasteiger charge is -2.23. The number of carbonyl (C=O) groups is 1. The van der Waals surface area contributed by atoms with E-state index < -0.39 is 12.1 Å². The third-order valence-corrected chi connectivity index (χ3v) is 4.63. The summed E-state index contributed by atoms with van der Waals surface area (Å²) in [6.45, 7) is 0.320. The summed E-state index contributed by atoms with van der Waals surface area (Å²) < 4.78 is 11.3. The molecule has 1 unspecified atom stereocenters. The van der Waals surface area contributed by atoms with Crippen molar-refractivity contribution in [2.75, 3.05) is 0 Å². The van der Waals surface area contributed by atoms with E-state index in [4.69, 9.17) is 26.2 Å². The number of ether oxygens (including phenoxy) is 2. The van der Waals surface area contributed by atoms with Gasteiger partial charge < -0.3 is 14.6 Å². The van der Waals surface area contributed by atoms with E-state index in [2.05, 4.69) is 15.2 Å². The van der Waals surface area contributed by atoms with Gasteiger partial charge >= 0.3 is 5.97 Å². The number of rotatable bonds is 5. The lowest BCUT2D eigenvalue weighted by Crippen LogP contribution is -2.30. The topological polar surface area (TPSA) is 97.3 Å². The van der Waals surface area contributed by atoms with Crippen LogP contribution in [0, 0.1) is 0 Å². The van der Waals surface area contributed by atoms with Crippen LogP contribution in [0.25, 0.3) is 11.4 Å². The number of aliphatic carboxylic acids is 1. The fraction of sp³-hybridized carbons (Fsp3) is 0.211. The summed E-state index contributed by atoms with van der Waals surface area (Å²) in [7, 11) is 0. The Morgan fingerprint density at radius 1 is 1.33 bits per heavy atom. The van der Waals surface area contributed by atoms with Gasteiger partial charge in [0, 0.05) is 0 Å². The van der Waals surface area contributed by atoms with Crippen LogP contribution in [0.3, 0.4) is 0 Å². The van der Waals surface area contributed by atoms with Crippen LogP contribution < -0.4 is 9.47 Å². The van der Waals surface area contributed by atoms with Crippen molar-refractivity contribution in [3.8, 4) is 22.9 Å². The van der Waals surface area contributed by atoms with Crippen molar-refractivity contribution in [1.82, 2.24) is 15.2 Å². The van der Waals surface area contributed by atoms with Gasteiger partial charge in [-0.2, -0.15) is 5.10 Å². The van der Waals surface area contributed by atoms with Gasteiger partial charge in [0.2, 0.25) is 0 Å². The summed E-state index contributed by atoms with van der Waals surface area (Å²) in [5.74, 6) is 0.277. The van der Waals surface area contributed by atoms with E-state index in [0.717, 1.165) is 11.1 Å². The largest absolute Gasteiger partial charge is 0.487 e. The second-order valence-electron chi connectivity index (χ2n) is 6.19. The van der Waals surface area contributed by atoms with Crippen molar-refractivity contribution in [3.05, 3.63) is 58.9 Å². The number of hydrogen-bond donors (Lipinski definition) is 2. The fourth-order valence-electron chi connectivity index (χ4n) is 2.91. The van der Waals surface area contributed by atoms with Crippen LogP contribution in [0.1, 0.15) is 17.5 Å². The molecule has 0 aliphatic carbocycles. The number of nitrogens with zero attached hydrogens (tertiary/aromatic N) is 2.